The van der Waals surface area contributed by atoms with Crippen molar-refractivity contribution in [3.05, 3.63) is 113 Å². The first-order chi connectivity index (χ1) is 16.2. The fraction of sp³-hybridized carbons (Fsp3) is 0.172. The van der Waals surface area contributed by atoms with Crippen molar-refractivity contribution in [2.45, 2.75) is 24.7 Å². The van der Waals surface area contributed by atoms with Crippen molar-refractivity contribution in [2.24, 2.45) is 0 Å². The van der Waals surface area contributed by atoms with Crippen LogP contribution in [0.1, 0.15) is 41.4 Å². The first-order valence-corrected chi connectivity index (χ1v) is 11.3. The van der Waals surface area contributed by atoms with Gasteiger partial charge in [0.05, 0.1) is 12.6 Å². The van der Waals surface area contributed by atoms with Crippen LogP contribution < -0.4 is 10.1 Å². The summed E-state index contributed by atoms with van der Waals surface area (Å²) in [6.07, 6.45) is 3.12. The van der Waals surface area contributed by atoms with Gasteiger partial charge in [-0.05, 0) is 47.7 Å². The summed E-state index contributed by atoms with van der Waals surface area (Å²) in [5, 5.41) is 4.71. The van der Waals surface area contributed by atoms with Gasteiger partial charge >= 0.3 is 0 Å². The molecule has 4 heteroatoms. The van der Waals surface area contributed by atoms with Crippen LogP contribution in [0.3, 0.4) is 0 Å². The van der Waals surface area contributed by atoms with Gasteiger partial charge in [0.15, 0.2) is 5.78 Å². The number of hydrogen-bond acceptors (Lipinski definition) is 4. The molecule has 2 atom stereocenters. The molecule has 2 heterocycles. The lowest BCUT2D eigenvalue weighted by molar-refractivity contribution is -0.116. The largest absolute Gasteiger partial charge is 0.496 e. The van der Waals surface area contributed by atoms with Gasteiger partial charge in [-0.15, -0.1) is 0 Å². The number of carbonyl (C=O) groups excluding carboxylic acids is 1. The van der Waals surface area contributed by atoms with Crippen LogP contribution in [0, 0.1) is 0 Å². The minimum atomic E-state index is -0.204. The molecular weight excluding hydrogens is 408 g/mol. The molecule has 4 aromatic rings. The van der Waals surface area contributed by atoms with Gasteiger partial charge in [0.1, 0.15) is 5.75 Å². The van der Waals surface area contributed by atoms with Crippen molar-refractivity contribution >= 4 is 22.4 Å². The number of hydrogen-bond donors (Lipinski definition) is 1. The minimum Gasteiger partial charge on any atom is -0.496 e. The van der Waals surface area contributed by atoms with Crippen LogP contribution in [-0.4, -0.2) is 17.9 Å². The number of fused-ring (bicyclic) bond motifs is 3. The fourth-order valence-corrected chi connectivity index (χ4v) is 5.46. The van der Waals surface area contributed by atoms with Crippen LogP contribution in [0.4, 0.5) is 5.69 Å². The molecule has 1 aromatic heterocycles. The first kappa shape index (κ1) is 19.7. The zero-order valence-electron chi connectivity index (χ0n) is 18.4. The predicted octanol–water partition coefficient (Wildman–Crippen LogP) is 6.20. The normalized spacial score (nSPS) is 19.6. The molecule has 1 aliphatic heterocycles. The third kappa shape index (κ3) is 3.21. The number of anilines is 1. The highest BCUT2D eigenvalue weighted by Gasteiger charge is 2.40. The maximum Gasteiger partial charge on any atom is 0.162 e. The lowest BCUT2D eigenvalue weighted by atomic mass is 9.71. The van der Waals surface area contributed by atoms with Gasteiger partial charge in [-0.3, -0.25) is 9.78 Å². The Balaban J connectivity index is 1.58. The van der Waals surface area contributed by atoms with E-state index in [4.69, 9.17) is 4.74 Å². The molecule has 0 unspecified atom stereocenters. The van der Waals surface area contributed by atoms with E-state index in [0.29, 0.717) is 6.42 Å². The summed E-state index contributed by atoms with van der Waals surface area (Å²) >= 11 is 0. The topological polar surface area (TPSA) is 51.2 Å². The molecule has 1 N–H and O–H groups in total. The molecule has 0 radical (unpaired) electrons. The molecule has 33 heavy (non-hydrogen) atoms. The number of methoxy groups -OCH3 is 1. The number of rotatable bonds is 3. The number of benzene rings is 3. The number of ketones is 1. The van der Waals surface area contributed by atoms with Crippen molar-refractivity contribution in [3.63, 3.8) is 0 Å². The summed E-state index contributed by atoms with van der Waals surface area (Å²) in [6, 6.07) is 26.6. The summed E-state index contributed by atoms with van der Waals surface area (Å²) in [5.41, 5.74) is 7.15. The van der Waals surface area contributed by atoms with Crippen LogP contribution in [0.5, 0.6) is 5.75 Å². The van der Waals surface area contributed by atoms with Gasteiger partial charge in [0, 0.05) is 46.4 Å². The molecule has 1 aliphatic carbocycles. The number of nitrogens with zero attached hydrogens (tertiary/aromatic N) is 1. The van der Waals surface area contributed by atoms with E-state index >= 15 is 0 Å². The Bertz CT molecular complexity index is 1410. The highest BCUT2D eigenvalue weighted by molar-refractivity contribution is 6.04. The lowest BCUT2D eigenvalue weighted by Crippen LogP contribution is -2.30. The first-order valence-electron chi connectivity index (χ1n) is 11.3. The van der Waals surface area contributed by atoms with E-state index in [1.807, 2.05) is 54.7 Å². The molecule has 0 fully saturated rings. The average Bonchev–Trinajstić information content (AvgIpc) is 2.87. The molecule has 0 bridgehead atoms. The van der Waals surface area contributed by atoms with Gasteiger partial charge in [-0.1, -0.05) is 54.6 Å². The Morgan fingerprint density at radius 2 is 1.73 bits per heavy atom. The number of allylic oxidation sites excluding steroid dienone is 2. The van der Waals surface area contributed by atoms with Gasteiger partial charge in [0.25, 0.3) is 0 Å². The van der Waals surface area contributed by atoms with Gasteiger partial charge < -0.3 is 10.1 Å². The SMILES string of the molecule is COc1ccccc1[C@@H]1C2=C(C[C@@H](c3ccccc3)CC2=O)Nc2ccc3ncccc3c21. The third-order valence-corrected chi connectivity index (χ3v) is 6.92. The highest BCUT2D eigenvalue weighted by Crippen LogP contribution is 2.51. The number of carbonyl (C=O) groups is 1. The molecule has 3 aromatic carbocycles. The molecule has 0 amide bonds. The standard InChI is InChI=1S/C29H24N2O2/c1-33-26-12-6-5-10-21(26)28-27-20-11-7-15-30-22(20)13-14-23(27)31-24-16-19(17-25(32)29(24)28)18-8-3-2-4-9-18/h2-15,19,28,31H,16-17H2,1H3/t19-,28+/m1/s1. The van der Waals surface area contributed by atoms with Crippen LogP contribution in [0.15, 0.2) is 96.3 Å². The fourth-order valence-electron chi connectivity index (χ4n) is 5.46. The van der Waals surface area contributed by atoms with Crippen molar-refractivity contribution in [1.82, 2.24) is 4.98 Å². The van der Waals surface area contributed by atoms with Crippen LogP contribution in [0.25, 0.3) is 10.9 Å². The molecule has 0 saturated heterocycles. The second kappa shape index (κ2) is 7.89. The number of para-hydroxylation sites is 1. The molecule has 4 nitrogen and oxygen atoms in total. The van der Waals surface area contributed by atoms with Crippen molar-refractivity contribution < 1.29 is 9.53 Å². The number of pyridine rings is 1. The Morgan fingerprint density at radius 3 is 2.58 bits per heavy atom. The smallest absolute Gasteiger partial charge is 0.162 e. The summed E-state index contributed by atoms with van der Waals surface area (Å²) in [5.74, 6) is 0.956. The second-order valence-corrected chi connectivity index (χ2v) is 8.73. The molecule has 0 saturated carbocycles. The number of aromatic nitrogens is 1. The monoisotopic (exact) mass is 432 g/mol. The summed E-state index contributed by atoms with van der Waals surface area (Å²) < 4.78 is 5.76. The Labute approximate surface area is 192 Å². The average molecular weight is 433 g/mol. The lowest BCUT2D eigenvalue weighted by Gasteiger charge is -2.37. The number of Topliss-reactive ketones (excluding diaryl/α,β-unsaturated/α-hetero) is 1. The van der Waals surface area contributed by atoms with Crippen LogP contribution in [0.2, 0.25) is 0 Å². The zero-order chi connectivity index (χ0) is 22.4. The quantitative estimate of drug-likeness (QED) is 0.419. The molecule has 162 valence electrons. The van der Waals surface area contributed by atoms with E-state index in [-0.39, 0.29) is 17.6 Å². The number of nitrogens with one attached hydrogen (secondary N) is 1. The van der Waals surface area contributed by atoms with Gasteiger partial charge in [-0.25, -0.2) is 0 Å². The van der Waals surface area contributed by atoms with Crippen molar-refractivity contribution in [3.8, 4) is 5.75 Å². The maximum atomic E-state index is 13.8. The highest BCUT2D eigenvalue weighted by atomic mass is 16.5. The van der Waals surface area contributed by atoms with E-state index in [9.17, 15) is 4.79 Å². The van der Waals surface area contributed by atoms with E-state index in [2.05, 4.69) is 40.6 Å². The van der Waals surface area contributed by atoms with Gasteiger partial charge in [-0.2, -0.15) is 0 Å². The van der Waals surface area contributed by atoms with E-state index in [1.54, 1.807) is 7.11 Å². The van der Waals surface area contributed by atoms with Gasteiger partial charge in [0.2, 0.25) is 0 Å². The van der Waals surface area contributed by atoms with Crippen molar-refractivity contribution in [2.75, 3.05) is 12.4 Å². The Morgan fingerprint density at radius 1 is 0.909 bits per heavy atom. The van der Waals surface area contributed by atoms with Crippen LogP contribution in [-0.2, 0) is 4.79 Å². The molecule has 0 spiro atoms. The zero-order valence-corrected chi connectivity index (χ0v) is 18.4. The molecular formula is C29H24N2O2. The van der Waals surface area contributed by atoms with E-state index < -0.39 is 0 Å². The Kier molecular flexibility index (Phi) is 4.72. The predicted molar refractivity (Wildman–Crippen MR) is 131 cm³/mol. The minimum absolute atomic E-state index is 0.173. The number of ether oxygens (including phenoxy) is 1. The summed E-state index contributed by atoms with van der Waals surface area (Å²) in [6.45, 7) is 0. The second-order valence-electron chi connectivity index (χ2n) is 8.73. The van der Waals surface area contributed by atoms with E-state index in [1.165, 1.54) is 5.56 Å². The summed E-state index contributed by atoms with van der Waals surface area (Å²) in [7, 11) is 1.69. The van der Waals surface area contributed by atoms with E-state index in [0.717, 1.165) is 51.2 Å². The van der Waals surface area contributed by atoms with Crippen LogP contribution >= 0.6 is 0 Å². The Hall–Kier alpha value is -3.92. The molecule has 6 rings (SSSR count). The maximum absolute atomic E-state index is 13.8. The molecule has 2 aliphatic rings. The third-order valence-electron chi connectivity index (χ3n) is 6.92. The summed E-state index contributed by atoms with van der Waals surface area (Å²) in [4.78, 5) is 18.4. The van der Waals surface area contributed by atoms with Crippen molar-refractivity contribution in [1.29, 1.82) is 0 Å².